The summed E-state index contributed by atoms with van der Waals surface area (Å²) in [6.45, 7) is 5.05. The Hall–Kier alpha value is -0.0800. The van der Waals surface area contributed by atoms with Crippen LogP contribution in [0.4, 0.5) is 0 Å². The Morgan fingerprint density at radius 2 is 1.71 bits per heavy atom. The molecular weight excluding hydrogens is 172 g/mol. The number of hydrogen-bond acceptors (Lipinski definition) is 2. The average molecular weight is 194 g/mol. The predicted molar refractivity (Wildman–Crippen MR) is 58.2 cm³/mol. The molecule has 2 nitrogen and oxygen atoms in total. The van der Waals surface area contributed by atoms with E-state index in [4.69, 9.17) is 0 Å². The predicted octanol–water partition coefficient (Wildman–Crippen LogP) is 1.23. The first-order valence-corrected chi connectivity index (χ1v) is 6.35. The molecule has 0 amide bonds. The normalized spacial score (nSPS) is 28.1. The molecule has 0 aromatic heterocycles. The zero-order chi connectivity index (χ0) is 9.38. The van der Waals surface area contributed by atoms with E-state index in [9.17, 15) is 0 Å². The molecule has 0 unspecified atom stereocenters. The van der Waals surface area contributed by atoms with Gasteiger partial charge in [0.1, 0.15) is 0 Å². The van der Waals surface area contributed by atoms with E-state index in [1.165, 1.54) is 51.9 Å². The maximum absolute atomic E-state index is 3.69. The van der Waals surface area contributed by atoms with Gasteiger partial charge in [-0.25, -0.2) is 0 Å². The first kappa shape index (κ1) is 9.17. The van der Waals surface area contributed by atoms with E-state index < -0.39 is 0 Å². The minimum atomic E-state index is 0.925. The summed E-state index contributed by atoms with van der Waals surface area (Å²) in [5, 5.41) is 7.02. The molecule has 80 valence electrons. The van der Waals surface area contributed by atoms with Gasteiger partial charge in [0, 0.05) is 19.6 Å². The molecule has 1 heterocycles. The Kier molecular flexibility index (Phi) is 2.50. The Morgan fingerprint density at radius 1 is 1.07 bits per heavy atom. The summed E-state index contributed by atoms with van der Waals surface area (Å²) < 4.78 is 0. The van der Waals surface area contributed by atoms with Gasteiger partial charge in [-0.3, -0.25) is 0 Å². The molecule has 1 saturated heterocycles. The molecule has 0 radical (unpaired) electrons. The van der Waals surface area contributed by atoms with Crippen molar-refractivity contribution in [3.63, 3.8) is 0 Å². The third-order valence-electron chi connectivity index (χ3n) is 4.13. The lowest BCUT2D eigenvalue weighted by molar-refractivity contribution is 0.306. The maximum atomic E-state index is 3.69. The molecule has 2 N–H and O–H groups in total. The highest BCUT2D eigenvalue weighted by atomic mass is 15.0. The molecule has 3 fully saturated rings. The molecule has 2 heteroatoms. The summed E-state index contributed by atoms with van der Waals surface area (Å²) in [6.07, 6.45) is 6.09. The van der Waals surface area contributed by atoms with Crippen molar-refractivity contribution in [2.24, 2.45) is 23.7 Å². The molecule has 14 heavy (non-hydrogen) atoms. The zero-order valence-electron chi connectivity index (χ0n) is 8.97. The van der Waals surface area contributed by atoms with Crippen LogP contribution in [0.25, 0.3) is 0 Å². The molecule has 1 aliphatic heterocycles. The minimum absolute atomic E-state index is 0.925. The summed E-state index contributed by atoms with van der Waals surface area (Å²) in [5.74, 6) is 4.18. The van der Waals surface area contributed by atoms with Gasteiger partial charge in [0.2, 0.25) is 0 Å². The lowest BCUT2D eigenvalue weighted by Crippen LogP contribution is -2.47. The summed E-state index contributed by atoms with van der Waals surface area (Å²) >= 11 is 0. The molecule has 2 aliphatic carbocycles. The van der Waals surface area contributed by atoms with Crippen molar-refractivity contribution in [1.82, 2.24) is 10.6 Å². The van der Waals surface area contributed by atoms with Crippen molar-refractivity contribution in [2.45, 2.75) is 25.7 Å². The van der Waals surface area contributed by atoms with Crippen molar-refractivity contribution in [3.05, 3.63) is 0 Å². The molecule has 0 bridgehead atoms. The minimum Gasteiger partial charge on any atom is -0.316 e. The van der Waals surface area contributed by atoms with Crippen LogP contribution in [0.1, 0.15) is 25.7 Å². The van der Waals surface area contributed by atoms with E-state index in [0.717, 1.165) is 23.7 Å². The second-order valence-electron chi connectivity index (χ2n) is 5.52. The molecule has 0 aromatic carbocycles. The van der Waals surface area contributed by atoms with Crippen LogP contribution in [0.2, 0.25) is 0 Å². The van der Waals surface area contributed by atoms with Crippen molar-refractivity contribution in [1.29, 1.82) is 0 Å². The van der Waals surface area contributed by atoms with Crippen LogP contribution < -0.4 is 10.6 Å². The van der Waals surface area contributed by atoms with Gasteiger partial charge in [-0.05, 0) is 55.9 Å². The van der Waals surface area contributed by atoms with Gasteiger partial charge in [-0.1, -0.05) is 0 Å². The fraction of sp³-hybridized carbons (Fsp3) is 1.00. The molecule has 3 aliphatic rings. The first-order chi connectivity index (χ1) is 6.93. The third-order valence-corrected chi connectivity index (χ3v) is 4.13. The average Bonchev–Trinajstić information content (AvgIpc) is 2.96. The van der Waals surface area contributed by atoms with Gasteiger partial charge in [-0.15, -0.1) is 0 Å². The van der Waals surface area contributed by atoms with E-state index >= 15 is 0 Å². The van der Waals surface area contributed by atoms with Crippen LogP contribution in [0.15, 0.2) is 0 Å². The summed E-state index contributed by atoms with van der Waals surface area (Å²) in [6, 6.07) is 0. The van der Waals surface area contributed by atoms with E-state index in [1.54, 1.807) is 0 Å². The maximum Gasteiger partial charge on any atom is 0.000394 e. The molecule has 0 spiro atoms. The van der Waals surface area contributed by atoms with Crippen LogP contribution >= 0.6 is 0 Å². The van der Waals surface area contributed by atoms with Crippen LogP contribution in [0.3, 0.4) is 0 Å². The largest absolute Gasteiger partial charge is 0.316 e. The quantitative estimate of drug-likeness (QED) is 0.664. The Labute approximate surface area is 86.8 Å². The Morgan fingerprint density at radius 3 is 2.14 bits per heavy atom. The van der Waals surface area contributed by atoms with Gasteiger partial charge in [-0.2, -0.15) is 0 Å². The zero-order valence-corrected chi connectivity index (χ0v) is 8.97. The molecule has 3 rings (SSSR count). The van der Waals surface area contributed by atoms with Crippen molar-refractivity contribution in [3.8, 4) is 0 Å². The molecule has 0 atom stereocenters. The first-order valence-electron chi connectivity index (χ1n) is 6.35. The van der Waals surface area contributed by atoms with Crippen molar-refractivity contribution >= 4 is 0 Å². The Bertz CT molecular complexity index is 180. The van der Waals surface area contributed by atoms with E-state index in [-0.39, 0.29) is 0 Å². The highest BCUT2D eigenvalue weighted by molar-refractivity contribution is 4.92. The smallest absolute Gasteiger partial charge is 0.000394 e. The summed E-state index contributed by atoms with van der Waals surface area (Å²) in [4.78, 5) is 0. The Balaban J connectivity index is 1.36. The standard InChI is InChI=1S/C12H22N2/c1-2-10(1)12(11-3-4-11)8-14-7-9-5-13-6-9/h9-14H,1-8H2. The summed E-state index contributed by atoms with van der Waals surface area (Å²) in [7, 11) is 0. The fourth-order valence-corrected chi connectivity index (χ4v) is 2.71. The lowest BCUT2D eigenvalue weighted by Gasteiger charge is -2.28. The van der Waals surface area contributed by atoms with Gasteiger partial charge < -0.3 is 10.6 Å². The third kappa shape index (κ3) is 2.12. The van der Waals surface area contributed by atoms with E-state index in [2.05, 4.69) is 10.6 Å². The van der Waals surface area contributed by atoms with Crippen LogP contribution in [0, 0.1) is 23.7 Å². The van der Waals surface area contributed by atoms with Gasteiger partial charge in [0.05, 0.1) is 0 Å². The highest BCUT2D eigenvalue weighted by Crippen LogP contribution is 2.48. The van der Waals surface area contributed by atoms with Gasteiger partial charge >= 0.3 is 0 Å². The monoisotopic (exact) mass is 194 g/mol. The summed E-state index contributed by atoms with van der Waals surface area (Å²) in [5.41, 5.74) is 0. The van der Waals surface area contributed by atoms with Crippen LogP contribution in [-0.4, -0.2) is 26.2 Å². The number of nitrogens with one attached hydrogen (secondary N) is 2. The second kappa shape index (κ2) is 3.82. The number of rotatable bonds is 6. The molecule has 2 saturated carbocycles. The van der Waals surface area contributed by atoms with Crippen LogP contribution in [0.5, 0.6) is 0 Å². The molecular formula is C12H22N2. The van der Waals surface area contributed by atoms with E-state index in [0.29, 0.717) is 0 Å². The second-order valence-corrected chi connectivity index (χ2v) is 5.52. The molecule has 0 aromatic rings. The number of hydrogen-bond donors (Lipinski definition) is 2. The van der Waals surface area contributed by atoms with Gasteiger partial charge in [0.15, 0.2) is 0 Å². The topological polar surface area (TPSA) is 24.1 Å². The van der Waals surface area contributed by atoms with Crippen molar-refractivity contribution < 1.29 is 0 Å². The SMILES string of the molecule is C1NCC1CNCC(C1CC1)C1CC1. The van der Waals surface area contributed by atoms with Gasteiger partial charge in [0.25, 0.3) is 0 Å². The lowest BCUT2D eigenvalue weighted by atomic mass is 9.97. The van der Waals surface area contributed by atoms with Crippen molar-refractivity contribution in [2.75, 3.05) is 26.2 Å². The van der Waals surface area contributed by atoms with E-state index in [1.807, 2.05) is 0 Å². The highest BCUT2D eigenvalue weighted by Gasteiger charge is 2.40. The van der Waals surface area contributed by atoms with Crippen LogP contribution in [-0.2, 0) is 0 Å². The fourth-order valence-electron chi connectivity index (χ4n) is 2.71.